The number of halogens is 1. The average molecular weight is 521 g/mol. The molecule has 1 heterocycles. The number of benzene rings is 2. The van der Waals surface area contributed by atoms with E-state index in [1.807, 2.05) is 42.5 Å². The minimum absolute atomic E-state index is 0.113. The fraction of sp³-hybridized carbons (Fsp3) is 0.393. The van der Waals surface area contributed by atoms with Crippen LogP contribution < -0.4 is 5.32 Å². The number of anilines is 1. The lowest BCUT2D eigenvalue weighted by Gasteiger charge is -2.28. The molecule has 0 spiro atoms. The standard InChI is InChI=1S/C28H29BrN2O3/c1-3-17-14-21(29)15-18(4-2)25(17)30-26(32)22(12-16-8-6-5-7-9-16)31-27(33)23-19-10-11-20(13-19)24(23)28(31)34/h5-11,14-15,19-20,22-24H,3-4,12-13H2,1-2H3,(H,30,32). The summed E-state index contributed by atoms with van der Waals surface area (Å²) in [6, 6.07) is 12.8. The quantitative estimate of drug-likeness (QED) is 0.415. The molecule has 34 heavy (non-hydrogen) atoms. The molecule has 0 radical (unpaired) electrons. The number of imide groups is 1. The van der Waals surface area contributed by atoms with Crippen LogP contribution in [0.2, 0.25) is 0 Å². The van der Waals surface area contributed by atoms with Crippen molar-refractivity contribution < 1.29 is 14.4 Å². The molecule has 5 rings (SSSR count). The number of nitrogens with zero attached hydrogens (tertiary/aromatic N) is 1. The maximum Gasteiger partial charge on any atom is 0.248 e. The molecule has 1 aliphatic heterocycles. The number of carbonyl (C=O) groups excluding carboxylic acids is 3. The van der Waals surface area contributed by atoms with E-state index in [0.717, 1.165) is 46.1 Å². The molecule has 6 heteroatoms. The second kappa shape index (κ2) is 9.14. The molecule has 2 bridgehead atoms. The zero-order valence-corrected chi connectivity index (χ0v) is 21.0. The normalized spacial score (nSPS) is 25.7. The summed E-state index contributed by atoms with van der Waals surface area (Å²) < 4.78 is 0.973. The molecule has 2 aromatic rings. The molecule has 0 aromatic heterocycles. The van der Waals surface area contributed by atoms with Gasteiger partial charge in [-0.25, -0.2) is 0 Å². The largest absolute Gasteiger partial charge is 0.324 e. The van der Waals surface area contributed by atoms with Gasteiger partial charge in [0.25, 0.3) is 0 Å². The Morgan fingerprint density at radius 2 is 1.56 bits per heavy atom. The van der Waals surface area contributed by atoms with Crippen molar-refractivity contribution in [3.05, 3.63) is 75.8 Å². The first-order valence-corrected chi connectivity index (χ1v) is 12.9. The number of hydrogen-bond donors (Lipinski definition) is 1. The molecule has 2 fully saturated rings. The highest BCUT2D eigenvalue weighted by molar-refractivity contribution is 9.10. The maximum atomic E-state index is 13.8. The molecule has 1 N–H and O–H groups in total. The van der Waals surface area contributed by atoms with Crippen LogP contribution in [0.5, 0.6) is 0 Å². The van der Waals surface area contributed by atoms with Crippen molar-refractivity contribution >= 4 is 39.3 Å². The summed E-state index contributed by atoms with van der Waals surface area (Å²) in [5, 5.41) is 3.13. The van der Waals surface area contributed by atoms with Crippen molar-refractivity contribution in [1.82, 2.24) is 4.90 Å². The van der Waals surface area contributed by atoms with Crippen LogP contribution in [0.4, 0.5) is 5.69 Å². The van der Waals surface area contributed by atoms with E-state index in [4.69, 9.17) is 0 Å². The monoisotopic (exact) mass is 520 g/mol. The predicted molar refractivity (Wildman–Crippen MR) is 135 cm³/mol. The van der Waals surface area contributed by atoms with Crippen molar-refractivity contribution in [2.75, 3.05) is 5.32 Å². The van der Waals surface area contributed by atoms with Gasteiger partial charge in [0.15, 0.2) is 0 Å². The van der Waals surface area contributed by atoms with E-state index >= 15 is 0 Å². The van der Waals surface area contributed by atoms with Crippen LogP contribution in [0, 0.1) is 23.7 Å². The Labute approximate surface area is 208 Å². The number of nitrogens with one attached hydrogen (secondary N) is 1. The van der Waals surface area contributed by atoms with E-state index in [9.17, 15) is 14.4 Å². The van der Waals surface area contributed by atoms with Gasteiger partial charge in [-0.05, 0) is 59.9 Å². The Bertz CT molecular complexity index is 1120. The first kappa shape index (κ1) is 23.0. The highest BCUT2D eigenvalue weighted by Gasteiger charge is 2.61. The minimum Gasteiger partial charge on any atom is -0.324 e. The molecule has 5 unspecified atom stereocenters. The lowest BCUT2D eigenvalue weighted by molar-refractivity contribution is -0.147. The van der Waals surface area contributed by atoms with Crippen LogP contribution in [-0.2, 0) is 33.6 Å². The number of likely N-dealkylation sites (tertiary alicyclic amines) is 1. The third kappa shape index (κ3) is 3.82. The SMILES string of the molecule is CCc1cc(Br)cc(CC)c1NC(=O)C(Cc1ccccc1)N1C(=O)C2C3C=CC(C3)C2C1=O. The molecule has 1 saturated carbocycles. The van der Waals surface area contributed by atoms with Gasteiger partial charge in [-0.3, -0.25) is 19.3 Å². The fourth-order valence-electron chi connectivity index (χ4n) is 6.02. The van der Waals surface area contributed by atoms with Crippen LogP contribution in [0.1, 0.15) is 37.0 Å². The third-order valence-electron chi connectivity index (χ3n) is 7.67. The second-order valence-electron chi connectivity index (χ2n) is 9.55. The van der Waals surface area contributed by atoms with E-state index in [2.05, 4.69) is 47.2 Å². The topological polar surface area (TPSA) is 66.5 Å². The Balaban J connectivity index is 1.50. The van der Waals surface area contributed by atoms with E-state index in [1.54, 1.807) is 0 Å². The first-order chi connectivity index (χ1) is 16.4. The predicted octanol–water partition coefficient (Wildman–Crippen LogP) is 4.93. The number of aryl methyl sites for hydroxylation is 2. The number of amides is 3. The van der Waals surface area contributed by atoms with Crippen LogP contribution in [0.25, 0.3) is 0 Å². The van der Waals surface area contributed by atoms with Gasteiger partial charge in [-0.1, -0.05) is 72.3 Å². The summed E-state index contributed by atoms with van der Waals surface area (Å²) >= 11 is 3.57. The maximum absolute atomic E-state index is 13.8. The lowest BCUT2D eigenvalue weighted by atomic mass is 9.85. The highest BCUT2D eigenvalue weighted by atomic mass is 79.9. The van der Waals surface area contributed by atoms with E-state index in [1.165, 1.54) is 4.90 Å². The van der Waals surface area contributed by atoms with Gasteiger partial charge in [-0.2, -0.15) is 0 Å². The number of hydrogen-bond acceptors (Lipinski definition) is 3. The van der Waals surface area contributed by atoms with Crippen molar-refractivity contribution in [2.45, 2.75) is 45.6 Å². The molecule has 3 aliphatic rings. The van der Waals surface area contributed by atoms with Crippen molar-refractivity contribution in [1.29, 1.82) is 0 Å². The number of rotatable bonds is 7. The smallest absolute Gasteiger partial charge is 0.248 e. The minimum atomic E-state index is -0.884. The van der Waals surface area contributed by atoms with Gasteiger partial charge < -0.3 is 5.32 Å². The van der Waals surface area contributed by atoms with Gasteiger partial charge in [0.05, 0.1) is 11.8 Å². The van der Waals surface area contributed by atoms with Crippen molar-refractivity contribution in [3.63, 3.8) is 0 Å². The summed E-state index contributed by atoms with van der Waals surface area (Å²) in [5.74, 6) is -1.10. The zero-order chi connectivity index (χ0) is 24.0. The van der Waals surface area contributed by atoms with Crippen molar-refractivity contribution in [2.24, 2.45) is 23.7 Å². The first-order valence-electron chi connectivity index (χ1n) is 12.1. The van der Waals surface area contributed by atoms with Crippen LogP contribution in [-0.4, -0.2) is 28.7 Å². The number of carbonyl (C=O) groups is 3. The van der Waals surface area contributed by atoms with Gasteiger partial charge in [0, 0.05) is 16.6 Å². The molecule has 2 aromatic carbocycles. The zero-order valence-electron chi connectivity index (χ0n) is 19.5. The second-order valence-corrected chi connectivity index (χ2v) is 10.5. The van der Waals surface area contributed by atoms with Crippen molar-refractivity contribution in [3.8, 4) is 0 Å². The van der Waals surface area contributed by atoms with Gasteiger partial charge in [0.2, 0.25) is 17.7 Å². The third-order valence-corrected chi connectivity index (χ3v) is 8.12. The summed E-state index contributed by atoms with van der Waals surface area (Å²) in [5.41, 5.74) is 3.76. The summed E-state index contributed by atoms with van der Waals surface area (Å²) in [4.78, 5) is 42.2. The Kier molecular flexibility index (Phi) is 6.19. The fourth-order valence-corrected chi connectivity index (χ4v) is 6.57. The van der Waals surface area contributed by atoms with Gasteiger partial charge >= 0.3 is 0 Å². The molecular weight excluding hydrogens is 492 g/mol. The van der Waals surface area contributed by atoms with Gasteiger partial charge in [0.1, 0.15) is 6.04 Å². The molecule has 3 amide bonds. The molecule has 1 saturated heterocycles. The van der Waals surface area contributed by atoms with E-state index < -0.39 is 6.04 Å². The highest BCUT2D eigenvalue weighted by Crippen LogP contribution is 2.53. The Hall–Kier alpha value is -2.73. The number of allylic oxidation sites excluding steroid dienone is 2. The molecular formula is C28H29BrN2O3. The van der Waals surface area contributed by atoms with Crippen LogP contribution in [0.15, 0.2) is 59.1 Å². The molecule has 5 atom stereocenters. The molecule has 5 nitrogen and oxygen atoms in total. The van der Waals surface area contributed by atoms with E-state index in [-0.39, 0.29) is 41.4 Å². The number of fused-ring (bicyclic) bond motifs is 5. The molecule has 176 valence electrons. The van der Waals surface area contributed by atoms with Crippen LogP contribution in [0.3, 0.4) is 0 Å². The Morgan fingerprint density at radius 3 is 2.09 bits per heavy atom. The average Bonchev–Trinajstić information content (AvgIpc) is 3.53. The lowest BCUT2D eigenvalue weighted by Crippen LogP contribution is -2.49. The van der Waals surface area contributed by atoms with Crippen LogP contribution >= 0.6 is 15.9 Å². The van der Waals surface area contributed by atoms with Gasteiger partial charge in [-0.15, -0.1) is 0 Å². The summed E-state index contributed by atoms with van der Waals surface area (Å²) in [7, 11) is 0. The summed E-state index contributed by atoms with van der Waals surface area (Å²) in [6.07, 6.45) is 6.84. The van der Waals surface area contributed by atoms with E-state index in [0.29, 0.717) is 6.42 Å². The summed E-state index contributed by atoms with van der Waals surface area (Å²) in [6.45, 7) is 4.10. The Morgan fingerprint density at radius 1 is 1.00 bits per heavy atom. The molecule has 2 aliphatic carbocycles.